The lowest BCUT2D eigenvalue weighted by atomic mass is 10.1. The summed E-state index contributed by atoms with van der Waals surface area (Å²) in [7, 11) is 0. The molecular formula is C11H23N3O3. The van der Waals surface area contributed by atoms with Gasteiger partial charge in [-0.2, -0.15) is 0 Å². The number of rotatable bonds is 6. The standard InChI is InChI=1S/C11H23N3O3/c1-5-8(6-9(12)14-16)13-10(15)7-17-11(2,3)4/h8,16H,5-7H2,1-4H3,(H2,12,14)(H,13,15). The Kier molecular flexibility index (Phi) is 6.57. The second-order valence-corrected chi connectivity index (χ2v) is 4.87. The Morgan fingerprint density at radius 2 is 2.12 bits per heavy atom. The summed E-state index contributed by atoms with van der Waals surface area (Å²) >= 11 is 0. The Bertz CT molecular complexity index is 272. The van der Waals surface area contributed by atoms with Gasteiger partial charge < -0.3 is 21.0 Å². The van der Waals surface area contributed by atoms with Crippen LogP contribution < -0.4 is 11.1 Å². The number of hydrogen-bond acceptors (Lipinski definition) is 4. The number of amidine groups is 1. The molecule has 0 saturated carbocycles. The third kappa shape index (κ3) is 8.50. The van der Waals surface area contributed by atoms with Crippen LogP contribution in [0.15, 0.2) is 5.16 Å². The maximum Gasteiger partial charge on any atom is 0.246 e. The molecule has 1 atom stereocenters. The topological polar surface area (TPSA) is 96.9 Å². The van der Waals surface area contributed by atoms with Crippen LogP contribution in [0.4, 0.5) is 0 Å². The molecular weight excluding hydrogens is 222 g/mol. The molecule has 6 heteroatoms. The third-order valence-corrected chi connectivity index (χ3v) is 2.08. The Labute approximate surface area is 102 Å². The Hall–Kier alpha value is -1.30. The number of nitrogens with two attached hydrogens (primary N) is 1. The summed E-state index contributed by atoms with van der Waals surface area (Å²) in [5.41, 5.74) is 5.04. The highest BCUT2D eigenvalue weighted by molar-refractivity contribution is 5.82. The molecule has 100 valence electrons. The monoisotopic (exact) mass is 245 g/mol. The summed E-state index contributed by atoms with van der Waals surface area (Å²) in [5.74, 6) is -0.0913. The Morgan fingerprint density at radius 1 is 1.53 bits per heavy atom. The average molecular weight is 245 g/mol. The summed E-state index contributed by atoms with van der Waals surface area (Å²) in [4.78, 5) is 11.5. The lowest BCUT2D eigenvalue weighted by molar-refractivity contribution is -0.131. The van der Waals surface area contributed by atoms with Crippen molar-refractivity contribution in [3.63, 3.8) is 0 Å². The zero-order chi connectivity index (χ0) is 13.5. The fourth-order valence-electron chi connectivity index (χ4n) is 1.14. The number of ether oxygens (including phenoxy) is 1. The van der Waals surface area contributed by atoms with Crippen LogP contribution in [-0.4, -0.2) is 35.2 Å². The summed E-state index contributed by atoms with van der Waals surface area (Å²) in [6.07, 6.45) is 1.03. The molecule has 0 aliphatic heterocycles. The van der Waals surface area contributed by atoms with Crippen molar-refractivity contribution in [2.45, 2.75) is 52.2 Å². The minimum Gasteiger partial charge on any atom is -0.409 e. The van der Waals surface area contributed by atoms with Crippen LogP contribution in [0, 0.1) is 0 Å². The van der Waals surface area contributed by atoms with E-state index >= 15 is 0 Å². The molecule has 6 nitrogen and oxygen atoms in total. The number of carbonyl (C=O) groups is 1. The quantitative estimate of drug-likeness (QED) is 0.279. The summed E-state index contributed by atoms with van der Waals surface area (Å²) in [6.45, 7) is 7.58. The van der Waals surface area contributed by atoms with E-state index in [1.807, 2.05) is 27.7 Å². The molecule has 1 unspecified atom stereocenters. The average Bonchev–Trinajstić information content (AvgIpc) is 2.24. The molecule has 0 saturated heterocycles. The minimum absolute atomic E-state index is 0.0101. The minimum atomic E-state index is -0.343. The van der Waals surface area contributed by atoms with E-state index in [1.54, 1.807) is 0 Å². The van der Waals surface area contributed by atoms with Crippen molar-refractivity contribution in [1.29, 1.82) is 0 Å². The lowest BCUT2D eigenvalue weighted by Crippen LogP contribution is -2.40. The molecule has 0 rings (SSSR count). The van der Waals surface area contributed by atoms with E-state index in [9.17, 15) is 4.79 Å². The van der Waals surface area contributed by atoms with Crippen molar-refractivity contribution in [1.82, 2.24) is 5.32 Å². The van der Waals surface area contributed by atoms with Crippen LogP contribution in [-0.2, 0) is 9.53 Å². The van der Waals surface area contributed by atoms with Gasteiger partial charge in [0.1, 0.15) is 12.4 Å². The molecule has 0 radical (unpaired) electrons. The van der Waals surface area contributed by atoms with Gasteiger partial charge in [-0.3, -0.25) is 4.79 Å². The van der Waals surface area contributed by atoms with Gasteiger partial charge in [0.05, 0.1) is 5.60 Å². The van der Waals surface area contributed by atoms with Crippen LogP contribution in [0.3, 0.4) is 0 Å². The van der Waals surface area contributed by atoms with E-state index in [0.717, 1.165) is 0 Å². The molecule has 0 aromatic carbocycles. The van der Waals surface area contributed by atoms with Crippen molar-refractivity contribution in [2.75, 3.05) is 6.61 Å². The molecule has 17 heavy (non-hydrogen) atoms. The van der Waals surface area contributed by atoms with E-state index in [0.29, 0.717) is 12.8 Å². The molecule has 0 heterocycles. The Balaban J connectivity index is 4.07. The zero-order valence-corrected chi connectivity index (χ0v) is 11.0. The maximum absolute atomic E-state index is 11.5. The van der Waals surface area contributed by atoms with Crippen molar-refractivity contribution in [3.05, 3.63) is 0 Å². The van der Waals surface area contributed by atoms with E-state index in [2.05, 4.69) is 10.5 Å². The number of amides is 1. The van der Waals surface area contributed by atoms with Crippen LogP contribution in [0.2, 0.25) is 0 Å². The predicted octanol–water partition coefficient (Wildman–Crippen LogP) is 0.833. The van der Waals surface area contributed by atoms with Crippen LogP contribution in [0.25, 0.3) is 0 Å². The smallest absolute Gasteiger partial charge is 0.246 e. The number of nitrogens with zero attached hydrogens (tertiary/aromatic N) is 1. The normalized spacial score (nSPS) is 14.5. The highest BCUT2D eigenvalue weighted by Gasteiger charge is 2.16. The third-order valence-electron chi connectivity index (χ3n) is 2.08. The van der Waals surface area contributed by atoms with E-state index in [1.165, 1.54) is 0 Å². The van der Waals surface area contributed by atoms with Gasteiger partial charge in [0.15, 0.2) is 0 Å². The van der Waals surface area contributed by atoms with Gasteiger partial charge in [-0.15, -0.1) is 0 Å². The van der Waals surface area contributed by atoms with Crippen molar-refractivity contribution in [3.8, 4) is 0 Å². The van der Waals surface area contributed by atoms with E-state index in [-0.39, 0.29) is 30.0 Å². The first kappa shape index (κ1) is 15.7. The van der Waals surface area contributed by atoms with Crippen molar-refractivity contribution >= 4 is 11.7 Å². The van der Waals surface area contributed by atoms with Crippen molar-refractivity contribution < 1.29 is 14.7 Å². The summed E-state index contributed by atoms with van der Waals surface area (Å²) in [5, 5.41) is 14.1. The predicted molar refractivity (Wildman–Crippen MR) is 66.0 cm³/mol. The molecule has 0 bridgehead atoms. The first-order chi connectivity index (χ1) is 7.78. The summed E-state index contributed by atoms with van der Waals surface area (Å²) < 4.78 is 5.34. The van der Waals surface area contributed by atoms with Crippen LogP contribution in [0.5, 0.6) is 0 Å². The molecule has 0 aliphatic carbocycles. The van der Waals surface area contributed by atoms with Crippen LogP contribution >= 0.6 is 0 Å². The van der Waals surface area contributed by atoms with Gasteiger partial charge in [0.25, 0.3) is 0 Å². The highest BCUT2D eigenvalue weighted by atomic mass is 16.5. The second kappa shape index (κ2) is 7.11. The Morgan fingerprint density at radius 3 is 2.53 bits per heavy atom. The second-order valence-electron chi connectivity index (χ2n) is 4.87. The molecule has 1 amide bonds. The van der Waals surface area contributed by atoms with E-state index < -0.39 is 0 Å². The highest BCUT2D eigenvalue weighted by Crippen LogP contribution is 2.06. The molecule has 0 aromatic heterocycles. The molecule has 0 fully saturated rings. The number of nitrogens with one attached hydrogen (secondary N) is 1. The SMILES string of the molecule is CCC(CC(N)=NO)NC(=O)COC(C)(C)C. The first-order valence-electron chi connectivity index (χ1n) is 5.68. The van der Waals surface area contributed by atoms with Gasteiger partial charge in [-0.05, 0) is 27.2 Å². The van der Waals surface area contributed by atoms with Gasteiger partial charge in [0, 0.05) is 12.5 Å². The summed E-state index contributed by atoms with van der Waals surface area (Å²) in [6, 6.07) is -0.137. The number of oxime groups is 1. The molecule has 0 spiro atoms. The van der Waals surface area contributed by atoms with Crippen LogP contribution in [0.1, 0.15) is 40.5 Å². The molecule has 0 aliphatic rings. The van der Waals surface area contributed by atoms with Gasteiger partial charge in [-0.1, -0.05) is 12.1 Å². The van der Waals surface area contributed by atoms with E-state index in [4.69, 9.17) is 15.7 Å². The number of hydrogen-bond donors (Lipinski definition) is 3. The first-order valence-corrected chi connectivity index (χ1v) is 5.68. The van der Waals surface area contributed by atoms with Gasteiger partial charge in [0.2, 0.25) is 5.91 Å². The fraction of sp³-hybridized carbons (Fsp3) is 0.818. The fourth-order valence-corrected chi connectivity index (χ4v) is 1.14. The van der Waals surface area contributed by atoms with Crippen molar-refractivity contribution in [2.24, 2.45) is 10.9 Å². The lowest BCUT2D eigenvalue weighted by Gasteiger charge is -2.21. The molecule has 0 aromatic rings. The van der Waals surface area contributed by atoms with Gasteiger partial charge >= 0.3 is 0 Å². The zero-order valence-electron chi connectivity index (χ0n) is 11.0. The number of carbonyl (C=O) groups excluding carboxylic acids is 1. The maximum atomic E-state index is 11.5. The largest absolute Gasteiger partial charge is 0.409 e. The molecule has 4 N–H and O–H groups in total. The van der Waals surface area contributed by atoms with Gasteiger partial charge in [-0.25, -0.2) is 0 Å².